The van der Waals surface area contributed by atoms with Crippen molar-refractivity contribution < 1.29 is 27.4 Å². The molecule has 1 unspecified atom stereocenters. The molecule has 7 nitrogen and oxygen atoms in total. The Balaban J connectivity index is 1.63. The highest BCUT2D eigenvalue weighted by molar-refractivity contribution is 5.96. The van der Waals surface area contributed by atoms with Crippen molar-refractivity contribution >= 4 is 17.4 Å². The van der Waals surface area contributed by atoms with Crippen LogP contribution < -0.4 is 19.7 Å². The van der Waals surface area contributed by atoms with Gasteiger partial charge in [-0.15, -0.1) is 0 Å². The lowest BCUT2D eigenvalue weighted by Crippen LogP contribution is -2.44. The third-order valence-electron chi connectivity index (χ3n) is 5.52. The number of nitrogens with zero attached hydrogens (tertiary/aromatic N) is 3. The van der Waals surface area contributed by atoms with Gasteiger partial charge in [0.1, 0.15) is 17.3 Å². The average Bonchev–Trinajstić information content (AvgIpc) is 3.04. The highest BCUT2D eigenvalue weighted by Gasteiger charge is 2.31. The fraction of sp³-hybridized carbons (Fsp3) is 0.455. The Kier molecular flexibility index (Phi) is 7.44. The number of benzene rings is 1. The zero-order chi connectivity index (χ0) is 23.3. The number of methoxy groups -OCH3 is 2. The van der Waals surface area contributed by atoms with Crippen LogP contribution in [0.4, 0.5) is 24.7 Å². The fourth-order valence-corrected chi connectivity index (χ4v) is 3.61. The molecule has 2 aromatic rings. The van der Waals surface area contributed by atoms with Gasteiger partial charge in [-0.05, 0) is 37.6 Å². The Morgan fingerprint density at radius 3 is 2.50 bits per heavy atom. The quantitative estimate of drug-likeness (QED) is 0.722. The van der Waals surface area contributed by atoms with Gasteiger partial charge in [0.25, 0.3) is 0 Å². The molecule has 1 N–H and O–H groups in total. The molecule has 0 bridgehead atoms. The van der Waals surface area contributed by atoms with Gasteiger partial charge in [-0.2, -0.15) is 13.2 Å². The first-order valence-corrected chi connectivity index (χ1v) is 10.3. The lowest BCUT2D eigenvalue weighted by molar-refractivity contribution is -0.137. The third kappa shape index (κ3) is 5.61. The first kappa shape index (κ1) is 23.6. The van der Waals surface area contributed by atoms with Crippen LogP contribution in [0.1, 0.15) is 18.9 Å². The molecule has 0 aliphatic carbocycles. The number of amides is 1. The van der Waals surface area contributed by atoms with Crippen LogP contribution in [0.5, 0.6) is 11.5 Å². The molecule has 0 radical (unpaired) electrons. The molecule has 1 amide bonds. The van der Waals surface area contributed by atoms with E-state index in [1.807, 2.05) is 16.7 Å². The Hall–Kier alpha value is -3.01. The number of halogens is 3. The van der Waals surface area contributed by atoms with Gasteiger partial charge >= 0.3 is 6.18 Å². The molecule has 32 heavy (non-hydrogen) atoms. The van der Waals surface area contributed by atoms with E-state index in [4.69, 9.17) is 9.47 Å². The normalized spacial score (nSPS) is 16.2. The maximum absolute atomic E-state index is 12.9. The SMILES string of the molecule is COc1ccc(OC)c(NC(=O)C(C)N2CCCN(c3ccc(C(F)(F)F)cn3)CC2)c1. The van der Waals surface area contributed by atoms with Crippen LogP contribution in [-0.2, 0) is 11.0 Å². The van der Waals surface area contributed by atoms with Gasteiger partial charge in [0.2, 0.25) is 5.91 Å². The molecule has 1 saturated heterocycles. The van der Waals surface area contributed by atoms with Crippen LogP contribution in [0.2, 0.25) is 0 Å². The van der Waals surface area contributed by atoms with E-state index in [2.05, 4.69) is 10.3 Å². The van der Waals surface area contributed by atoms with Crippen LogP contribution in [0.25, 0.3) is 0 Å². The van der Waals surface area contributed by atoms with E-state index >= 15 is 0 Å². The second-order valence-electron chi connectivity index (χ2n) is 7.51. The maximum Gasteiger partial charge on any atom is 0.417 e. The van der Waals surface area contributed by atoms with Gasteiger partial charge < -0.3 is 19.7 Å². The molecular formula is C22H27F3N4O3. The predicted octanol–water partition coefficient (Wildman–Crippen LogP) is 3.66. The molecule has 10 heteroatoms. The van der Waals surface area contributed by atoms with Crippen molar-refractivity contribution in [2.24, 2.45) is 0 Å². The standard InChI is InChI=1S/C22H27F3N4O3/c1-15(21(30)27-18-13-17(31-2)6-7-19(18)32-3)28-9-4-10-29(12-11-28)20-8-5-16(14-26-20)22(23,24)25/h5-8,13-15H,4,9-12H2,1-3H3,(H,27,30). The Morgan fingerprint density at radius 2 is 1.88 bits per heavy atom. The van der Waals surface area contributed by atoms with E-state index < -0.39 is 17.8 Å². The van der Waals surface area contributed by atoms with E-state index in [-0.39, 0.29) is 5.91 Å². The number of alkyl halides is 3. The molecule has 0 saturated carbocycles. The highest BCUT2D eigenvalue weighted by Crippen LogP contribution is 2.30. The molecule has 3 rings (SSSR count). The lowest BCUT2D eigenvalue weighted by atomic mass is 10.2. The van der Waals surface area contributed by atoms with Crippen molar-refractivity contribution in [3.05, 3.63) is 42.1 Å². The summed E-state index contributed by atoms with van der Waals surface area (Å²) in [5.41, 5.74) is -0.245. The van der Waals surface area contributed by atoms with Gasteiger partial charge in [0.05, 0.1) is 31.5 Å². The Morgan fingerprint density at radius 1 is 1.09 bits per heavy atom. The van der Waals surface area contributed by atoms with Crippen molar-refractivity contribution in [3.8, 4) is 11.5 Å². The number of anilines is 2. The molecule has 174 valence electrons. The van der Waals surface area contributed by atoms with Gasteiger partial charge in [-0.1, -0.05) is 0 Å². The summed E-state index contributed by atoms with van der Waals surface area (Å²) in [5.74, 6) is 1.45. The molecule has 1 aromatic carbocycles. The molecule has 1 aromatic heterocycles. The number of aromatic nitrogens is 1. The summed E-state index contributed by atoms with van der Waals surface area (Å²) in [5, 5.41) is 2.90. The molecule has 1 aliphatic heterocycles. The van der Waals surface area contributed by atoms with Crippen LogP contribution in [0.3, 0.4) is 0 Å². The van der Waals surface area contributed by atoms with E-state index in [1.165, 1.54) is 13.2 Å². The second kappa shape index (κ2) is 10.1. The molecule has 0 spiro atoms. The fourth-order valence-electron chi connectivity index (χ4n) is 3.61. The summed E-state index contributed by atoms with van der Waals surface area (Å²) < 4.78 is 48.9. The molecule has 1 fully saturated rings. The summed E-state index contributed by atoms with van der Waals surface area (Å²) >= 11 is 0. The van der Waals surface area contributed by atoms with E-state index in [0.29, 0.717) is 49.2 Å². The van der Waals surface area contributed by atoms with Crippen LogP contribution in [0, 0.1) is 0 Å². The molecule has 2 heterocycles. The van der Waals surface area contributed by atoms with E-state index in [0.717, 1.165) is 18.7 Å². The largest absolute Gasteiger partial charge is 0.497 e. The maximum atomic E-state index is 12.9. The molecule has 1 aliphatic rings. The average molecular weight is 452 g/mol. The third-order valence-corrected chi connectivity index (χ3v) is 5.52. The lowest BCUT2D eigenvalue weighted by Gasteiger charge is -2.27. The number of hydrogen-bond acceptors (Lipinski definition) is 6. The molecular weight excluding hydrogens is 425 g/mol. The van der Waals surface area contributed by atoms with Gasteiger partial charge in [-0.3, -0.25) is 9.69 Å². The number of carbonyl (C=O) groups is 1. The minimum absolute atomic E-state index is 0.183. The summed E-state index contributed by atoms with van der Waals surface area (Å²) in [6.45, 7) is 4.28. The zero-order valence-electron chi connectivity index (χ0n) is 18.3. The topological polar surface area (TPSA) is 66.9 Å². The van der Waals surface area contributed by atoms with Crippen molar-refractivity contribution in [2.45, 2.75) is 25.6 Å². The van der Waals surface area contributed by atoms with Gasteiger partial charge in [0.15, 0.2) is 0 Å². The number of pyridine rings is 1. The Bertz CT molecular complexity index is 922. The van der Waals surface area contributed by atoms with Gasteiger partial charge in [0, 0.05) is 38.4 Å². The summed E-state index contributed by atoms with van der Waals surface area (Å²) in [4.78, 5) is 20.9. The number of nitrogens with one attached hydrogen (secondary N) is 1. The predicted molar refractivity (Wildman–Crippen MR) is 115 cm³/mol. The number of hydrogen-bond donors (Lipinski definition) is 1. The van der Waals surface area contributed by atoms with Crippen molar-refractivity contribution in [1.29, 1.82) is 0 Å². The van der Waals surface area contributed by atoms with Crippen LogP contribution >= 0.6 is 0 Å². The smallest absolute Gasteiger partial charge is 0.417 e. The van der Waals surface area contributed by atoms with Crippen molar-refractivity contribution in [1.82, 2.24) is 9.88 Å². The van der Waals surface area contributed by atoms with Crippen LogP contribution in [-0.4, -0.2) is 62.2 Å². The van der Waals surface area contributed by atoms with Crippen LogP contribution in [0.15, 0.2) is 36.5 Å². The monoisotopic (exact) mass is 452 g/mol. The number of carbonyl (C=O) groups excluding carboxylic acids is 1. The van der Waals surface area contributed by atoms with E-state index in [1.54, 1.807) is 25.3 Å². The van der Waals surface area contributed by atoms with Gasteiger partial charge in [-0.25, -0.2) is 4.98 Å². The first-order valence-electron chi connectivity index (χ1n) is 10.3. The summed E-state index contributed by atoms with van der Waals surface area (Å²) in [7, 11) is 3.07. The second-order valence-corrected chi connectivity index (χ2v) is 7.51. The first-order chi connectivity index (χ1) is 15.2. The minimum atomic E-state index is -4.41. The number of ether oxygens (including phenoxy) is 2. The summed E-state index contributed by atoms with van der Waals surface area (Å²) in [6.07, 6.45) is -2.80. The van der Waals surface area contributed by atoms with Crippen molar-refractivity contribution in [3.63, 3.8) is 0 Å². The Labute approximate surface area is 185 Å². The van der Waals surface area contributed by atoms with Crippen molar-refractivity contribution in [2.75, 3.05) is 50.6 Å². The number of rotatable bonds is 6. The van der Waals surface area contributed by atoms with E-state index in [9.17, 15) is 18.0 Å². The minimum Gasteiger partial charge on any atom is -0.497 e. The summed E-state index contributed by atoms with van der Waals surface area (Å²) in [6, 6.07) is 7.19. The highest BCUT2D eigenvalue weighted by atomic mass is 19.4. The zero-order valence-corrected chi connectivity index (χ0v) is 18.3. The molecule has 1 atom stereocenters.